The molecule has 1 aromatic heterocycles. The molecule has 6 nitrogen and oxygen atoms in total. The molecule has 3 rings (SSSR count). The van der Waals surface area contributed by atoms with Crippen molar-refractivity contribution in [3.63, 3.8) is 0 Å². The highest BCUT2D eigenvalue weighted by atomic mass is 35.5. The zero-order valence-corrected chi connectivity index (χ0v) is 15.1. The molecule has 1 atom stereocenters. The van der Waals surface area contributed by atoms with Gasteiger partial charge in [-0.05, 0) is 36.2 Å². The summed E-state index contributed by atoms with van der Waals surface area (Å²) in [5.41, 5.74) is 1.63. The van der Waals surface area contributed by atoms with Crippen molar-refractivity contribution < 1.29 is 18.7 Å². The third-order valence-electron chi connectivity index (χ3n) is 4.03. The number of carbonyl (C=O) groups excluding carboxylic acids is 2. The normalized spacial score (nSPS) is 16.5. The first kappa shape index (κ1) is 18.2. The zero-order valence-electron chi connectivity index (χ0n) is 14.4. The molecule has 1 aliphatic rings. The highest BCUT2D eigenvalue weighted by Crippen LogP contribution is 2.33. The smallest absolute Gasteiger partial charge is 0.306 e. The van der Waals surface area contributed by atoms with Gasteiger partial charge in [-0.2, -0.15) is 5.10 Å². The second kappa shape index (κ2) is 8.19. The van der Waals surface area contributed by atoms with Crippen molar-refractivity contribution in [3.8, 4) is 0 Å². The molecule has 0 saturated heterocycles. The minimum Gasteiger partial charge on any atom is -0.467 e. The average molecular weight is 375 g/mol. The fourth-order valence-corrected chi connectivity index (χ4v) is 2.87. The Morgan fingerprint density at radius 3 is 2.73 bits per heavy atom. The Balaban J connectivity index is 1.79. The van der Waals surface area contributed by atoms with Crippen LogP contribution in [0.3, 0.4) is 0 Å². The van der Waals surface area contributed by atoms with Gasteiger partial charge in [-0.3, -0.25) is 9.59 Å². The van der Waals surface area contributed by atoms with Gasteiger partial charge in [0.1, 0.15) is 11.8 Å². The van der Waals surface area contributed by atoms with Gasteiger partial charge in [-0.25, -0.2) is 5.01 Å². The Bertz CT molecular complexity index is 799. The van der Waals surface area contributed by atoms with E-state index in [1.807, 2.05) is 19.1 Å². The van der Waals surface area contributed by atoms with E-state index in [-0.39, 0.29) is 25.0 Å². The lowest BCUT2D eigenvalue weighted by atomic mass is 10.0. The second-order valence-electron chi connectivity index (χ2n) is 5.94. The number of esters is 1. The first-order valence-electron chi connectivity index (χ1n) is 8.43. The highest BCUT2D eigenvalue weighted by Gasteiger charge is 2.35. The lowest BCUT2D eigenvalue weighted by molar-refractivity contribution is -0.153. The molecule has 0 radical (unpaired) electrons. The van der Waals surface area contributed by atoms with Gasteiger partial charge in [0.25, 0.3) is 5.91 Å². The Morgan fingerprint density at radius 1 is 1.31 bits per heavy atom. The number of nitrogens with zero attached hydrogens (tertiary/aromatic N) is 2. The predicted molar refractivity (Wildman–Crippen MR) is 96.8 cm³/mol. The molecule has 26 heavy (non-hydrogen) atoms. The van der Waals surface area contributed by atoms with E-state index in [0.717, 1.165) is 11.3 Å². The number of halogens is 1. The number of benzene rings is 1. The fourth-order valence-electron chi connectivity index (χ4n) is 2.74. The van der Waals surface area contributed by atoms with Crippen LogP contribution >= 0.6 is 11.6 Å². The number of hydrazone groups is 1. The van der Waals surface area contributed by atoms with E-state index in [0.29, 0.717) is 23.6 Å². The molecule has 0 unspecified atom stereocenters. The number of amides is 1. The summed E-state index contributed by atoms with van der Waals surface area (Å²) in [5.74, 6) is -0.151. The van der Waals surface area contributed by atoms with Crippen LogP contribution in [0.4, 0.5) is 0 Å². The van der Waals surface area contributed by atoms with Gasteiger partial charge >= 0.3 is 5.97 Å². The van der Waals surface area contributed by atoms with Gasteiger partial charge in [-0.15, -0.1) is 0 Å². The fraction of sp³-hybridized carbons (Fsp3) is 0.316. The van der Waals surface area contributed by atoms with Crippen LogP contribution in [-0.4, -0.2) is 29.2 Å². The number of furan rings is 1. The molecule has 1 aliphatic heterocycles. The standard InChI is InChI=1S/C19H19ClN2O4/c1-2-4-19(24)26-12-18(23)22-16(17-5-3-10-25-17)11-15(21-22)13-6-8-14(20)9-7-13/h3,5-10,16H,2,4,11-12H2,1H3/t16-/m0/s1. The average Bonchev–Trinajstić information content (AvgIpc) is 3.30. The topological polar surface area (TPSA) is 72.1 Å². The molecule has 136 valence electrons. The number of rotatable bonds is 6. The Morgan fingerprint density at radius 2 is 2.08 bits per heavy atom. The lowest BCUT2D eigenvalue weighted by Crippen LogP contribution is -2.31. The van der Waals surface area contributed by atoms with E-state index in [1.165, 1.54) is 5.01 Å². The van der Waals surface area contributed by atoms with Gasteiger partial charge in [-0.1, -0.05) is 30.7 Å². The van der Waals surface area contributed by atoms with Gasteiger partial charge in [0.15, 0.2) is 6.61 Å². The first-order valence-corrected chi connectivity index (χ1v) is 8.80. The van der Waals surface area contributed by atoms with Crippen molar-refractivity contribution in [2.24, 2.45) is 5.10 Å². The second-order valence-corrected chi connectivity index (χ2v) is 6.37. The first-order chi connectivity index (χ1) is 12.6. The van der Waals surface area contributed by atoms with E-state index in [4.69, 9.17) is 20.8 Å². The van der Waals surface area contributed by atoms with Crippen molar-refractivity contribution >= 4 is 29.2 Å². The summed E-state index contributed by atoms with van der Waals surface area (Å²) in [5, 5.41) is 6.42. The van der Waals surface area contributed by atoms with E-state index >= 15 is 0 Å². The number of hydrogen-bond acceptors (Lipinski definition) is 5. The van der Waals surface area contributed by atoms with E-state index < -0.39 is 5.97 Å². The third-order valence-corrected chi connectivity index (χ3v) is 4.28. The van der Waals surface area contributed by atoms with Crippen LogP contribution in [0.1, 0.15) is 43.6 Å². The summed E-state index contributed by atoms with van der Waals surface area (Å²) in [6.45, 7) is 1.53. The van der Waals surface area contributed by atoms with Crippen molar-refractivity contribution in [3.05, 3.63) is 59.0 Å². The van der Waals surface area contributed by atoms with E-state index in [1.54, 1.807) is 30.5 Å². The summed E-state index contributed by atoms with van der Waals surface area (Å²) in [4.78, 5) is 24.1. The zero-order chi connectivity index (χ0) is 18.5. The molecule has 2 heterocycles. The summed E-state index contributed by atoms with van der Waals surface area (Å²) in [6.07, 6.45) is 3.02. The van der Waals surface area contributed by atoms with Crippen LogP contribution in [-0.2, 0) is 14.3 Å². The summed E-state index contributed by atoms with van der Waals surface area (Å²) >= 11 is 5.94. The largest absolute Gasteiger partial charge is 0.467 e. The lowest BCUT2D eigenvalue weighted by Gasteiger charge is -2.19. The maximum absolute atomic E-state index is 12.6. The highest BCUT2D eigenvalue weighted by molar-refractivity contribution is 6.30. The van der Waals surface area contributed by atoms with Gasteiger partial charge in [0, 0.05) is 17.9 Å². The maximum Gasteiger partial charge on any atom is 0.306 e. The van der Waals surface area contributed by atoms with Crippen LogP contribution in [0.15, 0.2) is 52.2 Å². The van der Waals surface area contributed by atoms with Crippen LogP contribution in [0, 0.1) is 0 Å². The SMILES string of the molecule is CCCC(=O)OCC(=O)N1N=C(c2ccc(Cl)cc2)C[C@H]1c1ccco1. The minimum atomic E-state index is -0.392. The van der Waals surface area contributed by atoms with Gasteiger partial charge in [0.05, 0.1) is 12.0 Å². The van der Waals surface area contributed by atoms with Crippen LogP contribution in [0.5, 0.6) is 0 Å². The minimum absolute atomic E-state index is 0.286. The Labute approximate surface area is 156 Å². The maximum atomic E-state index is 12.6. The van der Waals surface area contributed by atoms with Crippen molar-refractivity contribution in [1.82, 2.24) is 5.01 Å². The third kappa shape index (κ3) is 4.14. The summed E-state index contributed by atoms with van der Waals surface area (Å²) in [7, 11) is 0. The number of carbonyl (C=O) groups is 2. The molecule has 1 aromatic carbocycles. The molecular formula is C19H19ClN2O4. The number of ether oxygens (including phenoxy) is 1. The Hall–Kier alpha value is -2.60. The van der Waals surface area contributed by atoms with Gasteiger partial charge < -0.3 is 9.15 Å². The van der Waals surface area contributed by atoms with E-state index in [2.05, 4.69) is 5.10 Å². The van der Waals surface area contributed by atoms with Crippen molar-refractivity contribution in [1.29, 1.82) is 0 Å². The molecule has 0 aliphatic carbocycles. The molecular weight excluding hydrogens is 356 g/mol. The molecule has 7 heteroatoms. The summed E-state index contributed by atoms with van der Waals surface area (Å²) < 4.78 is 10.5. The van der Waals surface area contributed by atoms with Crippen LogP contribution in [0.25, 0.3) is 0 Å². The molecule has 1 amide bonds. The number of hydrogen-bond donors (Lipinski definition) is 0. The van der Waals surface area contributed by atoms with E-state index in [9.17, 15) is 9.59 Å². The molecule has 0 bridgehead atoms. The monoisotopic (exact) mass is 374 g/mol. The molecule has 2 aromatic rings. The van der Waals surface area contributed by atoms with Crippen molar-refractivity contribution in [2.45, 2.75) is 32.2 Å². The van der Waals surface area contributed by atoms with Gasteiger partial charge in [0.2, 0.25) is 0 Å². The van der Waals surface area contributed by atoms with Crippen LogP contribution in [0.2, 0.25) is 5.02 Å². The van der Waals surface area contributed by atoms with Crippen LogP contribution < -0.4 is 0 Å². The van der Waals surface area contributed by atoms with Crippen molar-refractivity contribution in [2.75, 3.05) is 6.61 Å². The quantitative estimate of drug-likeness (QED) is 0.717. The molecule has 0 fully saturated rings. The Kier molecular flexibility index (Phi) is 5.73. The predicted octanol–water partition coefficient (Wildman–Crippen LogP) is 3.95. The molecule has 0 N–H and O–H groups in total. The molecule has 0 saturated carbocycles. The molecule has 0 spiro atoms. The summed E-state index contributed by atoms with van der Waals surface area (Å²) in [6, 6.07) is 10.5.